The van der Waals surface area contributed by atoms with E-state index >= 15 is 0 Å². The van der Waals surface area contributed by atoms with Crippen LogP contribution in [0.15, 0.2) is 48.5 Å². The lowest BCUT2D eigenvalue weighted by molar-refractivity contribution is 0.0697. The zero-order chi connectivity index (χ0) is 16.4. The summed E-state index contributed by atoms with van der Waals surface area (Å²) in [6.07, 6.45) is 1.70. The number of carboxylic acids is 1. The van der Waals surface area contributed by atoms with Crippen LogP contribution in [0, 0.1) is 11.3 Å². The van der Waals surface area contributed by atoms with Gasteiger partial charge in [0, 0.05) is 7.05 Å². The maximum absolute atomic E-state index is 10.9. The average molecular weight is 303 g/mol. The molecule has 1 heterocycles. The first-order chi connectivity index (χ1) is 11.1. The number of carboxylic acid groups (broad SMARTS) is 1. The highest BCUT2D eigenvalue weighted by Crippen LogP contribution is 2.22. The highest BCUT2D eigenvalue weighted by Gasteiger charge is 2.11. The molecule has 0 amide bonds. The summed E-state index contributed by atoms with van der Waals surface area (Å²) in [6.45, 7) is 0. The lowest BCUT2D eigenvalue weighted by Crippen LogP contribution is -1.97. The lowest BCUT2D eigenvalue weighted by Gasteiger charge is -2.01. The molecular weight excluding hydrogens is 290 g/mol. The third-order valence-electron chi connectivity index (χ3n) is 3.62. The fourth-order valence-electron chi connectivity index (χ4n) is 2.42. The van der Waals surface area contributed by atoms with E-state index in [1.807, 2.05) is 35.9 Å². The maximum Gasteiger partial charge on any atom is 0.335 e. The summed E-state index contributed by atoms with van der Waals surface area (Å²) >= 11 is 0. The standard InChI is InChI=1S/C18H13N3O2/c1-21-16-5-3-2-4-15(16)20-17(21)14(11-19)10-12-6-8-13(9-7-12)18(22)23/h2-10H,1H3,(H,22,23)/b14-10-. The molecule has 1 aromatic heterocycles. The number of rotatable bonds is 3. The normalized spacial score (nSPS) is 11.4. The van der Waals surface area contributed by atoms with Crippen LogP contribution in [0.3, 0.4) is 0 Å². The minimum absolute atomic E-state index is 0.211. The highest BCUT2D eigenvalue weighted by atomic mass is 16.4. The van der Waals surface area contributed by atoms with Crippen molar-refractivity contribution in [2.75, 3.05) is 0 Å². The Labute approximate surface area is 132 Å². The molecule has 0 unspecified atom stereocenters. The van der Waals surface area contributed by atoms with Crippen LogP contribution in [0.25, 0.3) is 22.7 Å². The van der Waals surface area contributed by atoms with E-state index in [0.717, 1.165) is 16.6 Å². The minimum atomic E-state index is -0.976. The van der Waals surface area contributed by atoms with Gasteiger partial charge in [-0.2, -0.15) is 5.26 Å². The van der Waals surface area contributed by atoms with E-state index in [0.29, 0.717) is 11.4 Å². The van der Waals surface area contributed by atoms with E-state index in [9.17, 15) is 10.1 Å². The second kappa shape index (κ2) is 5.78. The topological polar surface area (TPSA) is 78.9 Å². The number of benzene rings is 2. The fourth-order valence-corrected chi connectivity index (χ4v) is 2.42. The van der Waals surface area contributed by atoms with E-state index in [-0.39, 0.29) is 5.56 Å². The molecule has 0 radical (unpaired) electrons. The summed E-state index contributed by atoms with van der Waals surface area (Å²) in [6, 6.07) is 16.2. The van der Waals surface area contributed by atoms with Crippen LogP contribution in [-0.4, -0.2) is 20.6 Å². The molecule has 1 N–H and O–H groups in total. The van der Waals surface area contributed by atoms with Crippen molar-refractivity contribution in [2.45, 2.75) is 0 Å². The number of nitrogens with zero attached hydrogens (tertiary/aromatic N) is 3. The number of carbonyl (C=O) groups is 1. The summed E-state index contributed by atoms with van der Waals surface area (Å²) in [7, 11) is 1.86. The number of para-hydroxylation sites is 2. The van der Waals surface area contributed by atoms with E-state index < -0.39 is 5.97 Å². The molecule has 0 atom stereocenters. The molecule has 0 bridgehead atoms. The quantitative estimate of drug-likeness (QED) is 0.753. The van der Waals surface area contributed by atoms with Crippen LogP contribution in [0.2, 0.25) is 0 Å². The second-order valence-electron chi connectivity index (χ2n) is 5.08. The van der Waals surface area contributed by atoms with Crippen LogP contribution >= 0.6 is 0 Å². The van der Waals surface area contributed by atoms with Gasteiger partial charge in [-0.05, 0) is 35.9 Å². The third kappa shape index (κ3) is 2.70. The molecule has 0 aliphatic heterocycles. The van der Waals surface area contributed by atoms with Crippen LogP contribution in [-0.2, 0) is 7.05 Å². The average Bonchev–Trinajstić information content (AvgIpc) is 2.90. The Bertz CT molecular complexity index is 960. The van der Waals surface area contributed by atoms with Gasteiger partial charge in [-0.3, -0.25) is 0 Å². The van der Waals surface area contributed by atoms with Crippen LogP contribution in [0.5, 0.6) is 0 Å². The first-order valence-corrected chi connectivity index (χ1v) is 6.97. The summed E-state index contributed by atoms with van der Waals surface area (Å²) in [4.78, 5) is 15.4. The van der Waals surface area contributed by atoms with E-state index in [1.165, 1.54) is 12.1 Å². The molecule has 2 aromatic carbocycles. The zero-order valence-electron chi connectivity index (χ0n) is 12.4. The van der Waals surface area contributed by atoms with Gasteiger partial charge < -0.3 is 9.67 Å². The van der Waals surface area contributed by atoms with Gasteiger partial charge in [0.15, 0.2) is 5.82 Å². The van der Waals surface area contributed by atoms with E-state index in [1.54, 1.807) is 18.2 Å². The van der Waals surface area contributed by atoms with E-state index in [2.05, 4.69) is 11.1 Å². The Balaban J connectivity index is 2.06. The van der Waals surface area contributed by atoms with Gasteiger partial charge in [-0.1, -0.05) is 24.3 Å². The number of aromatic carboxylic acids is 1. The third-order valence-corrected chi connectivity index (χ3v) is 3.62. The highest BCUT2D eigenvalue weighted by molar-refractivity contribution is 5.92. The monoisotopic (exact) mass is 303 g/mol. The molecule has 0 fully saturated rings. The molecule has 0 aliphatic carbocycles. The largest absolute Gasteiger partial charge is 0.478 e. The van der Waals surface area contributed by atoms with Crippen LogP contribution in [0.1, 0.15) is 21.7 Å². The van der Waals surface area contributed by atoms with Gasteiger partial charge in [0.25, 0.3) is 0 Å². The number of nitriles is 1. The summed E-state index contributed by atoms with van der Waals surface area (Å²) in [5, 5.41) is 18.4. The fraction of sp³-hybridized carbons (Fsp3) is 0.0556. The van der Waals surface area contributed by atoms with Crippen molar-refractivity contribution in [3.63, 3.8) is 0 Å². The molecule has 0 saturated heterocycles. The summed E-state index contributed by atoms with van der Waals surface area (Å²) in [5.74, 6) is -0.396. The van der Waals surface area contributed by atoms with Gasteiger partial charge >= 0.3 is 5.97 Å². The Hall–Kier alpha value is -3.39. The molecule has 3 aromatic rings. The van der Waals surface area contributed by atoms with Crippen molar-refractivity contribution in [3.8, 4) is 6.07 Å². The maximum atomic E-state index is 10.9. The van der Waals surface area contributed by atoms with Crippen molar-refractivity contribution < 1.29 is 9.90 Å². The molecule has 0 saturated carbocycles. The number of aromatic nitrogens is 2. The number of hydrogen-bond acceptors (Lipinski definition) is 3. The number of fused-ring (bicyclic) bond motifs is 1. The molecule has 112 valence electrons. The molecule has 0 spiro atoms. The number of allylic oxidation sites excluding steroid dienone is 1. The number of aryl methyl sites for hydroxylation is 1. The first-order valence-electron chi connectivity index (χ1n) is 6.97. The molecule has 0 aliphatic rings. The summed E-state index contributed by atoms with van der Waals surface area (Å²) in [5.41, 5.74) is 3.16. The van der Waals surface area contributed by atoms with Crippen LogP contribution < -0.4 is 0 Å². The molecule has 5 nitrogen and oxygen atoms in total. The number of imidazole rings is 1. The number of hydrogen-bond donors (Lipinski definition) is 1. The van der Waals surface area contributed by atoms with Crippen LogP contribution in [0.4, 0.5) is 0 Å². The molecule has 3 rings (SSSR count). The smallest absolute Gasteiger partial charge is 0.335 e. The van der Waals surface area contributed by atoms with Gasteiger partial charge in [-0.25, -0.2) is 9.78 Å². The predicted octanol–water partition coefficient (Wildman–Crippen LogP) is 3.34. The summed E-state index contributed by atoms with van der Waals surface area (Å²) < 4.78 is 1.87. The SMILES string of the molecule is Cn1c(/C(C#N)=C\c2ccc(C(=O)O)cc2)nc2ccccc21. The molecule has 23 heavy (non-hydrogen) atoms. The van der Waals surface area contributed by atoms with Gasteiger partial charge in [0.2, 0.25) is 0 Å². The van der Waals surface area contributed by atoms with Gasteiger partial charge in [-0.15, -0.1) is 0 Å². The van der Waals surface area contributed by atoms with Gasteiger partial charge in [0.05, 0.1) is 22.2 Å². The Morgan fingerprint density at radius 1 is 1.22 bits per heavy atom. The van der Waals surface area contributed by atoms with E-state index in [4.69, 9.17) is 5.11 Å². The zero-order valence-corrected chi connectivity index (χ0v) is 12.4. The van der Waals surface area contributed by atoms with Crippen molar-refractivity contribution in [3.05, 3.63) is 65.5 Å². The predicted molar refractivity (Wildman–Crippen MR) is 87.6 cm³/mol. The Morgan fingerprint density at radius 2 is 1.91 bits per heavy atom. The second-order valence-corrected chi connectivity index (χ2v) is 5.08. The Kier molecular flexibility index (Phi) is 3.65. The van der Waals surface area contributed by atoms with Crippen molar-refractivity contribution in [1.29, 1.82) is 5.26 Å². The van der Waals surface area contributed by atoms with Gasteiger partial charge in [0.1, 0.15) is 6.07 Å². The minimum Gasteiger partial charge on any atom is -0.478 e. The molecular formula is C18H13N3O2. The van der Waals surface area contributed by atoms with Crippen molar-refractivity contribution >= 4 is 28.7 Å². The Morgan fingerprint density at radius 3 is 2.52 bits per heavy atom. The van der Waals surface area contributed by atoms with Crippen molar-refractivity contribution in [2.24, 2.45) is 7.05 Å². The first kappa shape index (κ1) is 14.5. The molecule has 5 heteroatoms. The van der Waals surface area contributed by atoms with Crippen molar-refractivity contribution in [1.82, 2.24) is 9.55 Å². The lowest BCUT2D eigenvalue weighted by atomic mass is 10.1.